The van der Waals surface area contributed by atoms with Crippen LogP contribution in [0.15, 0.2) is 83.7 Å². The monoisotopic (exact) mass is 418 g/mol. The molecule has 0 atom stereocenters. The van der Waals surface area contributed by atoms with Gasteiger partial charge in [0.2, 0.25) is 5.91 Å². The van der Waals surface area contributed by atoms with Crippen molar-refractivity contribution < 1.29 is 4.79 Å². The number of hydrogen-bond donors (Lipinski definition) is 1. The van der Waals surface area contributed by atoms with Crippen molar-refractivity contribution in [1.82, 2.24) is 9.55 Å². The van der Waals surface area contributed by atoms with Gasteiger partial charge in [0.05, 0.1) is 16.2 Å². The molecule has 1 N–H and O–H groups in total. The van der Waals surface area contributed by atoms with Crippen LogP contribution < -0.4 is 15.9 Å². The number of nitrogens with one attached hydrogen (secondary N) is 1. The maximum Gasteiger partial charge on any atom is 0.350 e. The fourth-order valence-electron chi connectivity index (χ4n) is 3.29. The van der Waals surface area contributed by atoms with E-state index in [1.807, 2.05) is 66.5 Å². The molecule has 3 aromatic carbocycles. The summed E-state index contributed by atoms with van der Waals surface area (Å²) >= 11 is 6.11. The predicted molar refractivity (Wildman–Crippen MR) is 121 cm³/mol. The van der Waals surface area contributed by atoms with E-state index in [1.54, 1.807) is 24.3 Å². The van der Waals surface area contributed by atoms with Crippen LogP contribution in [0.5, 0.6) is 0 Å². The summed E-state index contributed by atoms with van der Waals surface area (Å²) in [5, 5.41) is 3.95. The topological polar surface area (TPSA) is 67.2 Å². The molecule has 0 radical (unpaired) electrons. The minimum absolute atomic E-state index is 0.174. The largest absolute Gasteiger partial charge is 0.350 e. The normalized spacial score (nSPS) is 10.7. The van der Waals surface area contributed by atoms with Crippen molar-refractivity contribution in [2.45, 2.75) is 6.54 Å². The van der Waals surface area contributed by atoms with Gasteiger partial charge in [0.15, 0.2) is 0 Å². The molecule has 30 heavy (non-hydrogen) atoms. The molecule has 1 amide bonds. The van der Waals surface area contributed by atoms with Crippen molar-refractivity contribution in [3.8, 4) is 0 Å². The zero-order valence-corrected chi connectivity index (χ0v) is 17.0. The van der Waals surface area contributed by atoms with Gasteiger partial charge in [-0.05, 0) is 36.4 Å². The molecule has 6 nitrogen and oxygen atoms in total. The fraction of sp³-hybridized carbons (Fsp3) is 0.0870. The van der Waals surface area contributed by atoms with Gasteiger partial charge in [-0.25, -0.2) is 4.79 Å². The Bertz CT molecular complexity index is 1270. The van der Waals surface area contributed by atoms with Crippen LogP contribution in [-0.2, 0) is 11.3 Å². The van der Waals surface area contributed by atoms with Crippen molar-refractivity contribution in [2.75, 3.05) is 17.3 Å². The highest BCUT2D eigenvalue weighted by molar-refractivity contribution is 6.33. The quantitative estimate of drug-likeness (QED) is 0.519. The summed E-state index contributed by atoms with van der Waals surface area (Å²) in [6, 6.07) is 24.0. The molecular formula is C23H19ClN4O2. The van der Waals surface area contributed by atoms with Crippen LogP contribution in [0.2, 0.25) is 5.02 Å². The first kappa shape index (κ1) is 19.7. The standard InChI is InChI=1S/C23H19ClN4O2/c1-27(16-9-3-2-4-10-16)22-17-11-5-8-14-20(17)28(23(30)26-22)15-21(29)25-19-13-7-6-12-18(19)24/h2-14H,15H2,1H3,(H,25,29). The third-order valence-electron chi connectivity index (χ3n) is 4.78. The van der Waals surface area contributed by atoms with Crippen molar-refractivity contribution in [3.05, 3.63) is 94.4 Å². The van der Waals surface area contributed by atoms with Crippen LogP contribution in [0.3, 0.4) is 0 Å². The van der Waals surface area contributed by atoms with Gasteiger partial charge in [-0.3, -0.25) is 9.36 Å². The highest BCUT2D eigenvalue weighted by Gasteiger charge is 2.16. The molecule has 0 saturated carbocycles. The fourth-order valence-corrected chi connectivity index (χ4v) is 3.47. The second kappa shape index (κ2) is 8.39. The number of hydrogen-bond acceptors (Lipinski definition) is 4. The van der Waals surface area contributed by atoms with Gasteiger partial charge >= 0.3 is 5.69 Å². The first-order chi connectivity index (χ1) is 14.5. The molecule has 150 valence electrons. The van der Waals surface area contributed by atoms with Gasteiger partial charge in [0.1, 0.15) is 12.4 Å². The van der Waals surface area contributed by atoms with Crippen LogP contribution >= 0.6 is 11.6 Å². The number of halogens is 1. The van der Waals surface area contributed by atoms with Gasteiger partial charge in [0.25, 0.3) is 0 Å². The number of amides is 1. The van der Waals surface area contributed by atoms with Gasteiger partial charge in [-0.1, -0.05) is 54.1 Å². The second-order valence-corrected chi connectivity index (χ2v) is 7.15. The zero-order chi connectivity index (χ0) is 21.1. The summed E-state index contributed by atoms with van der Waals surface area (Å²) in [4.78, 5) is 31.6. The summed E-state index contributed by atoms with van der Waals surface area (Å²) in [7, 11) is 1.86. The van der Waals surface area contributed by atoms with Crippen molar-refractivity contribution in [1.29, 1.82) is 0 Å². The average Bonchev–Trinajstić information content (AvgIpc) is 2.77. The summed E-state index contributed by atoms with van der Waals surface area (Å²) < 4.78 is 1.36. The number of para-hydroxylation sites is 3. The number of nitrogens with zero attached hydrogens (tertiary/aromatic N) is 3. The lowest BCUT2D eigenvalue weighted by Crippen LogP contribution is -2.31. The molecule has 0 bridgehead atoms. The van der Waals surface area contributed by atoms with Crippen molar-refractivity contribution >= 4 is 45.6 Å². The van der Waals surface area contributed by atoms with E-state index in [0.29, 0.717) is 22.0 Å². The van der Waals surface area contributed by atoms with E-state index >= 15 is 0 Å². The minimum Gasteiger partial charge on any atom is -0.329 e. The summed E-state index contributed by atoms with van der Waals surface area (Å²) in [5.41, 5.74) is 1.53. The van der Waals surface area contributed by atoms with E-state index in [4.69, 9.17) is 11.6 Å². The van der Waals surface area contributed by atoms with Crippen LogP contribution in [0.1, 0.15) is 0 Å². The van der Waals surface area contributed by atoms with E-state index in [0.717, 1.165) is 11.1 Å². The maximum atomic E-state index is 12.9. The SMILES string of the molecule is CN(c1ccccc1)c1nc(=O)n(CC(=O)Nc2ccccc2Cl)c2ccccc12. The number of fused-ring (bicyclic) bond motifs is 1. The van der Waals surface area contributed by atoms with Crippen molar-refractivity contribution in [2.24, 2.45) is 0 Å². The Morgan fingerprint density at radius 1 is 1.00 bits per heavy atom. The number of rotatable bonds is 5. The predicted octanol–water partition coefficient (Wildman–Crippen LogP) is 4.46. The lowest BCUT2D eigenvalue weighted by molar-refractivity contribution is -0.116. The first-order valence-corrected chi connectivity index (χ1v) is 9.75. The molecule has 0 aliphatic rings. The molecule has 1 aromatic heterocycles. The first-order valence-electron chi connectivity index (χ1n) is 9.37. The van der Waals surface area contributed by atoms with E-state index in [2.05, 4.69) is 10.3 Å². The number of anilines is 3. The molecule has 4 rings (SSSR count). The van der Waals surface area contributed by atoms with Gasteiger partial charge in [0, 0.05) is 18.1 Å². The van der Waals surface area contributed by atoms with Crippen LogP contribution in [0.25, 0.3) is 10.9 Å². The lowest BCUT2D eigenvalue weighted by Gasteiger charge is -2.21. The highest BCUT2D eigenvalue weighted by Crippen LogP contribution is 2.28. The molecule has 4 aromatic rings. The number of carbonyl (C=O) groups excluding carboxylic acids is 1. The smallest absolute Gasteiger partial charge is 0.329 e. The van der Waals surface area contributed by atoms with E-state index < -0.39 is 5.69 Å². The Morgan fingerprint density at radius 2 is 1.67 bits per heavy atom. The van der Waals surface area contributed by atoms with E-state index in [-0.39, 0.29) is 12.5 Å². The molecule has 0 aliphatic heterocycles. The van der Waals surface area contributed by atoms with Crippen LogP contribution in [-0.4, -0.2) is 22.5 Å². The summed E-state index contributed by atoms with van der Waals surface area (Å²) in [5.74, 6) is 0.172. The molecule has 0 unspecified atom stereocenters. The molecule has 0 spiro atoms. The summed E-state index contributed by atoms with van der Waals surface area (Å²) in [6.45, 7) is -0.174. The summed E-state index contributed by atoms with van der Waals surface area (Å²) in [6.07, 6.45) is 0. The van der Waals surface area contributed by atoms with Gasteiger partial charge < -0.3 is 10.2 Å². The molecule has 1 heterocycles. The second-order valence-electron chi connectivity index (χ2n) is 6.74. The average molecular weight is 419 g/mol. The molecular weight excluding hydrogens is 400 g/mol. The molecule has 0 aliphatic carbocycles. The Balaban J connectivity index is 1.72. The third-order valence-corrected chi connectivity index (χ3v) is 5.11. The number of aromatic nitrogens is 2. The maximum absolute atomic E-state index is 12.9. The molecule has 0 fully saturated rings. The highest BCUT2D eigenvalue weighted by atomic mass is 35.5. The molecule has 7 heteroatoms. The van der Waals surface area contributed by atoms with Gasteiger partial charge in [-0.15, -0.1) is 0 Å². The number of carbonyl (C=O) groups is 1. The zero-order valence-electron chi connectivity index (χ0n) is 16.2. The number of benzene rings is 3. The van der Waals surface area contributed by atoms with Crippen LogP contribution in [0, 0.1) is 0 Å². The van der Waals surface area contributed by atoms with E-state index in [9.17, 15) is 9.59 Å². The third kappa shape index (κ3) is 3.90. The van der Waals surface area contributed by atoms with E-state index in [1.165, 1.54) is 4.57 Å². The van der Waals surface area contributed by atoms with Crippen molar-refractivity contribution in [3.63, 3.8) is 0 Å². The lowest BCUT2D eigenvalue weighted by atomic mass is 10.2. The Morgan fingerprint density at radius 3 is 2.43 bits per heavy atom. The Kier molecular flexibility index (Phi) is 5.50. The minimum atomic E-state index is -0.499. The molecule has 0 saturated heterocycles. The van der Waals surface area contributed by atoms with Gasteiger partial charge in [-0.2, -0.15) is 4.98 Å². The van der Waals surface area contributed by atoms with Crippen LogP contribution in [0.4, 0.5) is 17.2 Å². The Hall–Kier alpha value is -3.64. The Labute approximate surface area is 178 Å².